The van der Waals surface area contributed by atoms with E-state index in [2.05, 4.69) is 5.43 Å². The number of anilines is 2. The number of nitro benzene ring substituents is 1. The monoisotopic (exact) mass is 740 g/mol. The van der Waals surface area contributed by atoms with E-state index >= 15 is 4.79 Å². The summed E-state index contributed by atoms with van der Waals surface area (Å²) in [6, 6.07) is 21.2. The average molecular weight is 742 g/mol. The maximum Gasteiger partial charge on any atom is 0.269 e. The van der Waals surface area contributed by atoms with Crippen LogP contribution in [0.3, 0.4) is 0 Å². The number of benzene rings is 4. The van der Waals surface area contributed by atoms with Crippen LogP contribution < -0.4 is 10.3 Å². The minimum absolute atomic E-state index is 0.00111. The number of hydrazine groups is 1. The molecule has 8 rings (SSSR count). The van der Waals surface area contributed by atoms with Crippen molar-refractivity contribution in [3.8, 4) is 5.75 Å². The summed E-state index contributed by atoms with van der Waals surface area (Å²) in [7, 11) is 0. The molecule has 4 aliphatic rings. The van der Waals surface area contributed by atoms with Crippen LogP contribution in [0.5, 0.6) is 5.75 Å². The number of aromatic hydroxyl groups is 1. The molecule has 2 N–H and O–H groups in total. The van der Waals surface area contributed by atoms with E-state index < -0.39 is 69.4 Å². The second-order valence-corrected chi connectivity index (χ2v) is 14.2. The first kappa shape index (κ1) is 33.5. The van der Waals surface area contributed by atoms with E-state index in [0.717, 1.165) is 9.91 Å². The molecule has 0 radical (unpaired) electrons. The largest absolute Gasteiger partial charge is 0.508 e. The Hall–Kier alpha value is -5.59. The van der Waals surface area contributed by atoms with Crippen LogP contribution in [0.4, 0.5) is 21.5 Å². The predicted octanol–water partition coefficient (Wildman–Crippen LogP) is 6.94. The number of carbonyl (C=O) groups is 4. The minimum Gasteiger partial charge on any atom is -0.508 e. The SMILES string of the molecule is O=C1[C@@H]2C[C@@H]3C(=CC[C@@H]4C(=O)N(c5ccc([N+](=O)[O-])cc5)C(=O)[C@@H]43)[C@H](c3ccc(O)cc3Cl)[C@]2(c2ccc(Cl)cc2)C(=O)N1Nc1ccc(F)cc1. The van der Waals surface area contributed by atoms with Crippen molar-refractivity contribution in [1.82, 2.24) is 5.01 Å². The van der Waals surface area contributed by atoms with E-state index in [9.17, 15) is 34.0 Å². The van der Waals surface area contributed by atoms with Gasteiger partial charge < -0.3 is 5.11 Å². The highest BCUT2D eigenvalue weighted by molar-refractivity contribution is 6.32. The van der Waals surface area contributed by atoms with Crippen molar-refractivity contribution in [2.75, 3.05) is 10.3 Å². The fraction of sp³-hybridized carbons (Fsp3) is 0.211. The maximum atomic E-state index is 15.2. The van der Waals surface area contributed by atoms with Crippen molar-refractivity contribution in [1.29, 1.82) is 0 Å². The Balaban J connectivity index is 1.31. The molecule has 14 heteroatoms. The number of amides is 4. The van der Waals surface area contributed by atoms with Gasteiger partial charge in [0.2, 0.25) is 11.8 Å². The first-order chi connectivity index (χ1) is 24.9. The number of nitro groups is 1. The summed E-state index contributed by atoms with van der Waals surface area (Å²) in [6.45, 7) is 0. The van der Waals surface area contributed by atoms with Gasteiger partial charge in [0.25, 0.3) is 17.5 Å². The molecule has 52 heavy (non-hydrogen) atoms. The van der Waals surface area contributed by atoms with Gasteiger partial charge in [0, 0.05) is 28.1 Å². The Labute approximate surface area is 305 Å². The van der Waals surface area contributed by atoms with E-state index in [4.69, 9.17) is 23.2 Å². The van der Waals surface area contributed by atoms with Crippen molar-refractivity contribution >= 4 is 63.9 Å². The first-order valence-corrected chi connectivity index (χ1v) is 17.1. The standard InChI is InChI=1S/C38H27Cl2FN4O7/c39-20-3-1-19(2-4-20)38-30(35(48)44(37(38)50)42-22-7-5-21(41)6-8-22)18-29-26(33(38)27-14-13-25(46)17-31(27)40)15-16-28-32(29)36(49)43(34(28)47)23-9-11-24(12-10-23)45(51)52/h1-15,17,28-30,32-33,42,46H,16,18H2/t28-,29+,30-,32-,33+,38+/m0/s1. The number of hydrogen-bond acceptors (Lipinski definition) is 8. The summed E-state index contributed by atoms with van der Waals surface area (Å²) in [4.78, 5) is 70.0. The molecule has 1 saturated carbocycles. The number of phenolic OH excluding ortho intramolecular Hbond substituents is 1. The Bertz CT molecular complexity index is 2230. The number of halogens is 3. The fourth-order valence-electron chi connectivity index (χ4n) is 8.73. The van der Waals surface area contributed by atoms with Gasteiger partial charge in [0.05, 0.1) is 39.5 Å². The first-order valence-electron chi connectivity index (χ1n) is 16.4. The molecule has 0 aromatic heterocycles. The van der Waals surface area contributed by atoms with Crippen LogP contribution in [0.2, 0.25) is 10.0 Å². The van der Waals surface area contributed by atoms with E-state index in [0.29, 0.717) is 21.7 Å². The number of fused-ring (bicyclic) bond motifs is 4. The maximum absolute atomic E-state index is 15.2. The minimum atomic E-state index is -1.64. The third kappa shape index (κ3) is 4.92. The molecule has 0 unspecified atom stereocenters. The van der Waals surface area contributed by atoms with Gasteiger partial charge in [-0.1, -0.05) is 53.1 Å². The Morgan fingerprint density at radius 1 is 0.865 bits per heavy atom. The van der Waals surface area contributed by atoms with Crippen LogP contribution >= 0.6 is 23.2 Å². The van der Waals surface area contributed by atoms with E-state index in [1.165, 1.54) is 60.7 Å². The molecule has 3 fully saturated rings. The third-order valence-electron chi connectivity index (χ3n) is 10.9. The van der Waals surface area contributed by atoms with Gasteiger partial charge in [-0.25, -0.2) is 4.39 Å². The number of hydrogen-bond donors (Lipinski definition) is 2. The van der Waals surface area contributed by atoms with Crippen molar-refractivity contribution in [3.63, 3.8) is 0 Å². The van der Waals surface area contributed by atoms with Crippen molar-refractivity contribution in [3.05, 3.63) is 140 Å². The lowest BCUT2D eigenvalue weighted by molar-refractivity contribution is -0.384. The number of non-ortho nitro benzene ring substituents is 1. The lowest BCUT2D eigenvalue weighted by atomic mass is 9.49. The van der Waals surface area contributed by atoms with Crippen molar-refractivity contribution in [2.45, 2.75) is 24.2 Å². The van der Waals surface area contributed by atoms with Crippen LogP contribution in [0.15, 0.2) is 103 Å². The molecule has 6 atom stereocenters. The van der Waals surface area contributed by atoms with Gasteiger partial charge in [-0.15, -0.1) is 0 Å². The second kappa shape index (κ2) is 12.3. The Kier molecular flexibility index (Phi) is 7.92. The van der Waals surface area contributed by atoms with Gasteiger partial charge in [0.15, 0.2) is 0 Å². The summed E-state index contributed by atoms with van der Waals surface area (Å²) in [5.74, 6) is -7.33. The molecule has 0 bridgehead atoms. The average Bonchev–Trinajstić information content (AvgIpc) is 3.50. The zero-order valence-corrected chi connectivity index (χ0v) is 28.4. The normalized spacial score (nSPS) is 26.5. The molecular weight excluding hydrogens is 714 g/mol. The molecule has 4 aromatic carbocycles. The summed E-state index contributed by atoms with van der Waals surface area (Å²) >= 11 is 13.2. The van der Waals surface area contributed by atoms with Gasteiger partial charge in [-0.2, -0.15) is 5.01 Å². The molecule has 2 heterocycles. The number of carbonyl (C=O) groups excluding carboxylic acids is 4. The molecule has 4 amide bonds. The van der Waals surface area contributed by atoms with Crippen molar-refractivity contribution in [2.24, 2.45) is 23.7 Å². The second-order valence-electron chi connectivity index (χ2n) is 13.4. The number of nitrogens with one attached hydrogen (secondary N) is 1. The highest BCUT2D eigenvalue weighted by atomic mass is 35.5. The van der Waals surface area contributed by atoms with Crippen LogP contribution in [-0.2, 0) is 24.6 Å². The van der Waals surface area contributed by atoms with Crippen LogP contribution in [0.25, 0.3) is 0 Å². The molecule has 2 aliphatic carbocycles. The Morgan fingerprint density at radius 2 is 1.56 bits per heavy atom. The van der Waals surface area contributed by atoms with Gasteiger partial charge in [-0.3, -0.25) is 39.6 Å². The fourth-order valence-corrected chi connectivity index (χ4v) is 9.14. The number of nitrogens with zero attached hydrogens (tertiary/aromatic N) is 3. The molecule has 11 nitrogen and oxygen atoms in total. The third-order valence-corrected chi connectivity index (χ3v) is 11.4. The zero-order valence-electron chi connectivity index (χ0n) is 26.9. The molecule has 4 aromatic rings. The van der Waals surface area contributed by atoms with Gasteiger partial charge in [0.1, 0.15) is 11.6 Å². The lowest BCUT2D eigenvalue weighted by Gasteiger charge is -2.50. The van der Waals surface area contributed by atoms with Crippen LogP contribution in [-0.4, -0.2) is 38.7 Å². The number of rotatable bonds is 6. The number of imide groups is 2. The molecule has 262 valence electrons. The zero-order chi connectivity index (χ0) is 36.6. The topological polar surface area (TPSA) is 150 Å². The number of phenols is 1. The van der Waals surface area contributed by atoms with E-state index in [1.807, 2.05) is 6.08 Å². The van der Waals surface area contributed by atoms with E-state index in [1.54, 1.807) is 30.3 Å². The predicted molar refractivity (Wildman–Crippen MR) is 188 cm³/mol. The molecule has 2 aliphatic heterocycles. The molecule has 0 spiro atoms. The Morgan fingerprint density at radius 3 is 2.21 bits per heavy atom. The quantitative estimate of drug-likeness (QED) is 0.0935. The smallest absolute Gasteiger partial charge is 0.269 e. The highest BCUT2D eigenvalue weighted by Gasteiger charge is 2.70. The number of allylic oxidation sites excluding steroid dienone is 2. The van der Waals surface area contributed by atoms with Crippen LogP contribution in [0.1, 0.15) is 29.9 Å². The van der Waals surface area contributed by atoms with E-state index in [-0.39, 0.29) is 40.7 Å². The summed E-state index contributed by atoms with van der Waals surface area (Å²) < 4.78 is 13.8. The molecular formula is C38H27Cl2FN4O7. The summed E-state index contributed by atoms with van der Waals surface area (Å²) in [5.41, 5.74) is 3.01. The molecule has 2 saturated heterocycles. The summed E-state index contributed by atoms with van der Waals surface area (Å²) in [5, 5.41) is 23.1. The highest BCUT2D eigenvalue weighted by Crippen LogP contribution is 2.65. The summed E-state index contributed by atoms with van der Waals surface area (Å²) in [6.07, 6.45) is 1.99. The van der Waals surface area contributed by atoms with Gasteiger partial charge >= 0.3 is 0 Å². The van der Waals surface area contributed by atoms with Crippen molar-refractivity contribution < 1.29 is 33.6 Å². The van der Waals surface area contributed by atoms with Crippen LogP contribution in [0, 0.1) is 39.6 Å². The van der Waals surface area contributed by atoms with Gasteiger partial charge in [-0.05, 0) is 90.6 Å². The lowest BCUT2D eigenvalue weighted by Crippen LogP contribution is -2.53.